The second kappa shape index (κ2) is 5.09. The van der Waals surface area contributed by atoms with Crippen molar-refractivity contribution in [3.8, 4) is 0 Å². The summed E-state index contributed by atoms with van der Waals surface area (Å²) >= 11 is 5.83. The number of carbonyl (C=O) groups is 1. The first kappa shape index (κ1) is 12.3. The molecule has 0 fully saturated rings. The van der Waals surface area contributed by atoms with E-state index >= 15 is 0 Å². The van der Waals surface area contributed by atoms with E-state index in [1.807, 2.05) is 12.1 Å². The van der Waals surface area contributed by atoms with E-state index in [0.717, 1.165) is 11.4 Å². The molecule has 0 bridgehead atoms. The number of anilines is 1. The number of carbonyl (C=O) groups excluding carboxylic acids is 1. The van der Waals surface area contributed by atoms with Crippen LogP contribution in [0.5, 0.6) is 0 Å². The molecule has 2 heterocycles. The molecule has 5 nitrogen and oxygen atoms in total. The molecule has 1 aromatic heterocycles. The van der Waals surface area contributed by atoms with E-state index in [2.05, 4.69) is 18.2 Å². The van der Waals surface area contributed by atoms with Gasteiger partial charge >= 0.3 is 119 Å². The number of hydrogen-bond donors (Lipinski definition) is 1. The van der Waals surface area contributed by atoms with Gasteiger partial charge in [0.25, 0.3) is 0 Å². The summed E-state index contributed by atoms with van der Waals surface area (Å²) in [6, 6.07) is 7.08. The van der Waals surface area contributed by atoms with Crippen LogP contribution in [0.4, 0.5) is 17.1 Å². The van der Waals surface area contributed by atoms with Crippen molar-refractivity contribution in [3.63, 3.8) is 0 Å². The maximum atomic E-state index is 12.1. The van der Waals surface area contributed by atoms with Gasteiger partial charge in [0, 0.05) is 0 Å². The predicted molar refractivity (Wildman–Crippen MR) is 73.6 cm³/mol. The van der Waals surface area contributed by atoms with Crippen molar-refractivity contribution in [2.75, 3.05) is 5.32 Å². The summed E-state index contributed by atoms with van der Waals surface area (Å²) in [4.78, 5) is 16.0. The molecule has 3 rings (SSSR count). The van der Waals surface area contributed by atoms with Gasteiger partial charge in [-0.05, 0) is 0 Å². The minimum absolute atomic E-state index is 0.130. The molecule has 0 spiro atoms. The van der Waals surface area contributed by atoms with Crippen molar-refractivity contribution in [2.24, 2.45) is 7.92 Å². The zero-order chi connectivity index (χ0) is 13.2. The van der Waals surface area contributed by atoms with E-state index in [-0.39, 0.29) is 20.5 Å². The average Bonchev–Trinajstić information content (AvgIpc) is 2.88. The summed E-state index contributed by atoms with van der Waals surface area (Å²) in [6.45, 7) is 0. The molecule has 0 unspecified atom stereocenters. The zero-order valence-electron chi connectivity index (χ0n) is 9.50. The SMILES string of the molecule is O=C(Nc1cccc2c1N=[Se]=N2)c1cnccc1Cl. The van der Waals surface area contributed by atoms with E-state index in [1.165, 1.54) is 12.4 Å². The first-order chi connectivity index (χ1) is 9.25. The third kappa shape index (κ3) is 2.38. The van der Waals surface area contributed by atoms with E-state index in [1.54, 1.807) is 12.1 Å². The Morgan fingerprint density at radius 2 is 2.16 bits per heavy atom. The molecular formula is C12H7ClN4OSe. The van der Waals surface area contributed by atoms with Crippen molar-refractivity contribution in [1.82, 2.24) is 4.98 Å². The minimum atomic E-state index is -0.305. The van der Waals surface area contributed by atoms with Crippen molar-refractivity contribution in [3.05, 3.63) is 47.2 Å². The standard InChI is InChI=1S/C12H7ClN4OSe/c13-8-4-5-14-6-7(8)12(18)15-9-2-1-3-10-11(9)17-19-16-10/h1-6H,(H,15,18). The van der Waals surface area contributed by atoms with Crippen LogP contribution >= 0.6 is 11.6 Å². The van der Waals surface area contributed by atoms with Crippen LogP contribution in [0.1, 0.15) is 10.4 Å². The van der Waals surface area contributed by atoms with Crippen LogP contribution in [-0.4, -0.2) is 25.5 Å². The Kier molecular flexibility index (Phi) is 3.29. The van der Waals surface area contributed by atoms with Crippen molar-refractivity contribution >= 4 is 49.1 Å². The molecule has 1 amide bonds. The van der Waals surface area contributed by atoms with Gasteiger partial charge in [-0.15, -0.1) is 0 Å². The normalized spacial score (nSPS) is 11.8. The molecule has 0 atom stereocenters. The third-order valence-electron chi connectivity index (χ3n) is 2.55. The number of benzene rings is 1. The first-order valence-electron chi connectivity index (χ1n) is 5.38. The van der Waals surface area contributed by atoms with Gasteiger partial charge in [-0.2, -0.15) is 0 Å². The molecule has 0 aliphatic carbocycles. The Balaban J connectivity index is 1.91. The van der Waals surface area contributed by atoms with Gasteiger partial charge in [-0.3, -0.25) is 0 Å². The summed E-state index contributed by atoms with van der Waals surface area (Å²) in [5.41, 5.74) is 2.53. The molecule has 2 aromatic rings. The fraction of sp³-hybridized carbons (Fsp3) is 0. The quantitative estimate of drug-likeness (QED) is 0.729. The van der Waals surface area contributed by atoms with Crippen molar-refractivity contribution in [2.45, 2.75) is 0 Å². The van der Waals surface area contributed by atoms with Crippen LogP contribution in [-0.2, 0) is 0 Å². The fourth-order valence-corrected chi connectivity index (χ4v) is 2.99. The molecule has 0 saturated heterocycles. The summed E-state index contributed by atoms with van der Waals surface area (Å²) in [7, 11) is 0. The molecule has 94 valence electrons. The Labute approximate surface area is 119 Å². The number of aromatic nitrogens is 1. The van der Waals surface area contributed by atoms with Crippen LogP contribution < -0.4 is 5.32 Å². The van der Waals surface area contributed by atoms with Gasteiger partial charge in [-0.25, -0.2) is 0 Å². The number of hydrogen-bond acceptors (Lipinski definition) is 4. The first-order valence-corrected chi connectivity index (χ1v) is 7.29. The third-order valence-corrected chi connectivity index (χ3v) is 4.01. The summed E-state index contributed by atoms with van der Waals surface area (Å²) < 4.78 is 8.56. The van der Waals surface area contributed by atoms with E-state index < -0.39 is 0 Å². The summed E-state index contributed by atoms with van der Waals surface area (Å²) in [5, 5.41) is 3.16. The number of amides is 1. The number of fused-ring (bicyclic) bond motifs is 1. The van der Waals surface area contributed by atoms with Gasteiger partial charge in [-0.1, -0.05) is 0 Å². The van der Waals surface area contributed by atoms with Gasteiger partial charge in [0.05, 0.1) is 0 Å². The Hall–Kier alpha value is -1.75. The topological polar surface area (TPSA) is 66.7 Å². The Morgan fingerprint density at radius 1 is 1.26 bits per heavy atom. The molecule has 1 N–H and O–H groups in total. The zero-order valence-corrected chi connectivity index (χ0v) is 12.0. The predicted octanol–water partition coefficient (Wildman–Crippen LogP) is 3.34. The van der Waals surface area contributed by atoms with E-state index in [9.17, 15) is 4.79 Å². The molecular weight excluding hydrogens is 331 g/mol. The molecule has 0 radical (unpaired) electrons. The molecule has 7 heteroatoms. The summed E-state index contributed by atoms with van der Waals surface area (Å²) in [5.74, 6) is -0.305. The Morgan fingerprint density at radius 3 is 3.00 bits per heavy atom. The average molecular weight is 338 g/mol. The van der Waals surface area contributed by atoms with E-state index in [0.29, 0.717) is 16.3 Å². The number of halogens is 1. The van der Waals surface area contributed by atoms with Crippen LogP contribution in [0.2, 0.25) is 5.02 Å². The molecule has 0 saturated carbocycles. The van der Waals surface area contributed by atoms with Gasteiger partial charge < -0.3 is 0 Å². The number of nitrogens with zero attached hydrogens (tertiary/aromatic N) is 3. The number of pyridine rings is 1. The van der Waals surface area contributed by atoms with E-state index in [4.69, 9.17) is 11.6 Å². The fourth-order valence-electron chi connectivity index (χ4n) is 1.64. The van der Waals surface area contributed by atoms with Gasteiger partial charge in [0.2, 0.25) is 0 Å². The monoisotopic (exact) mass is 338 g/mol. The van der Waals surface area contributed by atoms with Gasteiger partial charge in [0.15, 0.2) is 0 Å². The van der Waals surface area contributed by atoms with Crippen LogP contribution in [0.3, 0.4) is 0 Å². The number of nitrogens with one attached hydrogen (secondary N) is 1. The second-order valence-corrected chi connectivity index (χ2v) is 5.26. The second-order valence-electron chi connectivity index (χ2n) is 3.75. The van der Waals surface area contributed by atoms with Crippen molar-refractivity contribution in [1.29, 1.82) is 0 Å². The van der Waals surface area contributed by atoms with Crippen molar-refractivity contribution < 1.29 is 4.79 Å². The molecule has 1 aliphatic heterocycles. The van der Waals surface area contributed by atoms with Crippen LogP contribution in [0.15, 0.2) is 44.6 Å². The summed E-state index contributed by atoms with van der Waals surface area (Å²) in [6.07, 6.45) is 2.97. The molecule has 1 aromatic carbocycles. The van der Waals surface area contributed by atoms with Crippen LogP contribution in [0.25, 0.3) is 0 Å². The number of rotatable bonds is 2. The molecule has 19 heavy (non-hydrogen) atoms. The van der Waals surface area contributed by atoms with Gasteiger partial charge in [0.1, 0.15) is 0 Å². The maximum absolute atomic E-state index is 12.1. The Bertz CT molecular complexity index is 740. The molecule has 1 aliphatic rings. The van der Waals surface area contributed by atoms with Crippen LogP contribution in [0, 0.1) is 0 Å².